The number of benzene rings is 1. The van der Waals surface area contributed by atoms with E-state index in [2.05, 4.69) is 14.4 Å². The van der Waals surface area contributed by atoms with Gasteiger partial charge in [0.2, 0.25) is 0 Å². The lowest BCUT2D eigenvalue weighted by atomic mass is 10.2. The summed E-state index contributed by atoms with van der Waals surface area (Å²) in [5, 5.41) is 2.46. The first-order valence-corrected chi connectivity index (χ1v) is 6.16. The van der Waals surface area contributed by atoms with Crippen LogP contribution in [0.4, 0.5) is 10.5 Å². The number of hydrogen-bond acceptors (Lipinski definition) is 4. The van der Waals surface area contributed by atoms with Crippen LogP contribution < -0.4 is 5.32 Å². The van der Waals surface area contributed by atoms with E-state index in [-0.39, 0.29) is 0 Å². The highest BCUT2D eigenvalue weighted by Crippen LogP contribution is 2.47. The molecule has 0 unspecified atom stereocenters. The Labute approximate surface area is 94.3 Å². The summed E-state index contributed by atoms with van der Waals surface area (Å²) in [5.74, 6) is 0. The molecule has 1 aromatic rings. The highest BCUT2D eigenvalue weighted by atomic mass is 31.2. The minimum absolute atomic E-state index is 0.546. The van der Waals surface area contributed by atoms with Crippen LogP contribution in [0.1, 0.15) is 5.56 Å². The molecule has 5 nitrogen and oxygen atoms in total. The molecule has 1 aromatic carbocycles. The molecule has 0 aliphatic carbocycles. The Morgan fingerprint density at radius 1 is 1.19 bits per heavy atom. The van der Waals surface area contributed by atoms with Crippen molar-refractivity contribution in [2.45, 2.75) is 6.92 Å². The van der Waals surface area contributed by atoms with Crippen molar-refractivity contribution in [2.75, 3.05) is 19.5 Å². The fourth-order valence-electron chi connectivity index (χ4n) is 1.07. The number of rotatable bonds is 4. The zero-order chi connectivity index (χ0) is 12.2. The molecule has 0 atom stereocenters. The van der Waals surface area contributed by atoms with Gasteiger partial charge in [0, 0.05) is 19.9 Å². The molecule has 0 aromatic heterocycles. The van der Waals surface area contributed by atoms with Crippen LogP contribution in [-0.2, 0) is 13.6 Å². The van der Waals surface area contributed by atoms with Crippen LogP contribution >= 0.6 is 7.60 Å². The van der Waals surface area contributed by atoms with Gasteiger partial charge in [-0.15, -0.1) is 0 Å². The van der Waals surface area contributed by atoms with Gasteiger partial charge in [0.05, 0.1) is 0 Å². The minimum Gasteiger partial charge on any atom is -0.316 e. The van der Waals surface area contributed by atoms with E-state index in [9.17, 15) is 9.36 Å². The third kappa shape index (κ3) is 2.92. The first kappa shape index (κ1) is 12.9. The quantitative estimate of drug-likeness (QED) is 0.825. The normalized spacial score (nSPS) is 11.2. The second-order valence-electron chi connectivity index (χ2n) is 3.16. The van der Waals surface area contributed by atoms with E-state index in [0.717, 1.165) is 5.56 Å². The molecule has 0 aliphatic rings. The fourth-order valence-corrected chi connectivity index (χ4v) is 1.82. The van der Waals surface area contributed by atoms with Crippen LogP contribution in [-0.4, -0.2) is 19.9 Å². The average Bonchev–Trinajstić information content (AvgIpc) is 2.31. The highest BCUT2D eigenvalue weighted by molar-refractivity contribution is 7.72. The van der Waals surface area contributed by atoms with Gasteiger partial charge in [0.25, 0.3) is 0 Å². The monoisotopic (exact) mass is 243 g/mol. The summed E-state index contributed by atoms with van der Waals surface area (Å²) in [6, 6.07) is 7.09. The number of carbonyl (C=O) groups is 1. The molecule has 1 N–H and O–H groups in total. The summed E-state index contributed by atoms with van der Waals surface area (Å²) in [6.45, 7) is 1.93. The molecule has 0 saturated carbocycles. The molecule has 0 bridgehead atoms. The minimum atomic E-state index is -3.70. The van der Waals surface area contributed by atoms with Crippen LogP contribution in [0.3, 0.4) is 0 Å². The first-order valence-electron chi connectivity index (χ1n) is 4.61. The summed E-state index contributed by atoms with van der Waals surface area (Å²) in [5.41, 5.74) is 0.839. The van der Waals surface area contributed by atoms with Gasteiger partial charge in [-0.2, -0.15) is 0 Å². The summed E-state index contributed by atoms with van der Waals surface area (Å²) in [6.07, 6.45) is 0. The lowest BCUT2D eigenvalue weighted by Crippen LogP contribution is -2.12. The lowest BCUT2D eigenvalue weighted by Gasteiger charge is -2.12. The SMILES string of the molecule is COP(=O)(OC)C(=O)Nc1ccc(C)cc1. The van der Waals surface area contributed by atoms with Gasteiger partial charge in [0.1, 0.15) is 0 Å². The molecule has 16 heavy (non-hydrogen) atoms. The van der Waals surface area contributed by atoms with Gasteiger partial charge in [-0.1, -0.05) is 17.7 Å². The summed E-state index contributed by atoms with van der Waals surface area (Å²) in [4.78, 5) is 11.6. The van der Waals surface area contributed by atoms with Crippen molar-refractivity contribution in [2.24, 2.45) is 0 Å². The maximum atomic E-state index is 11.7. The van der Waals surface area contributed by atoms with E-state index in [1.54, 1.807) is 12.1 Å². The number of aryl methyl sites for hydroxylation is 1. The van der Waals surface area contributed by atoms with Crippen molar-refractivity contribution < 1.29 is 18.4 Å². The van der Waals surface area contributed by atoms with Crippen molar-refractivity contribution in [1.29, 1.82) is 0 Å². The Kier molecular flexibility index (Phi) is 4.24. The number of carbonyl (C=O) groups excluding carboxylic acids is 1. The second kappa shape index (κ2) is 5.25. The van der Waals surface area contributed by atoms with Crippen LogP contribution in [0.5, 0.6) is 0 Å². The van der Waals surface area contributed by atoms with Crippen molar-refractivity contribution in [3.05, 3.63) is 29.8 Å². The zero-order valence-electron chi connectivity index (χ0n) is 9.39. The van der Waals surface area contributed by atoms with Crippen molar-refractivity contribution in [1.82, 2.24) is 0 Å². The molecule has 6 heteroatoms. The average molecular weight is 243 g/mol. The topological polar surface area (TPSA) is 64.6 Å². The predicted octanol–water partition coefficient (Wildman–Crippen LogP) is 3.01. The van der Waals surface area contributed by atoms with E-state index in [1.807, 2.05) is 19.1 Å². The van der Waals surface area contributed by atoms with E-state index in [1.165, 1.54) is 14.2 Å². The fraction of sp³-hybridized carbons (Fsp3) is 0.300. The van der Waals surface area contributed by atoms with Crippen molar-refractivity contribution >= 4 is 18.9 Å². The maximum absolute atomic E-state index is 11.7. The third-order valence-electron chi connectivity index (χ3n) is 2.03. The predicted molar refractivity (Wildman–Crippen MR) is 61.8 cm³/mol. The number of nitrogens with one attached hydrogen (secondary N) is 1. The highest BCUT2D eigenvalue weighted by Gasteiger charge is 2.32. The van der Waals surface area contributed by atoms with Gasteiger partial charge >= 0.3 is 13.2 Å². The van der Waals surface area contributed by atoms with Gasteiger partial charge < -0.3 is 14.4 Å². The summed E-state index contributed by atoms with van der Waals surface area (Å²) >= 11 is 0. The molecule has 0 radical (unpaired) electrons. The number of anilines is 1. The lowest BCUT2D eigenvalue weighted by molar-refractivity contribution is 0.242. The third-order valence-corrected chi connectivity index (χ3v) is 3.60. The summed E-state index contributed by atoms with van der Waals surface area (Å²) < 4.78 is 20.8. The Hall–Kier alpha value is -1.16. The molecular weight excluding hydrogens is 229 g/mol. The maximum Gasteiger partial charge on any atom is 0.418 e. The number of hydrogen-bond donors (Lipinski definition) is 1. The Morgan fingerprint density at radius 3 is 2.12 bits per heavy atom. The number of amides is 1. The Balaban J connectivity index is 2.78. The Bertz CT molecular complexity index is 407. The van der Waals surface area contributed by atoms with E-state index < -0.39 is 13.2 Å². The van der Waals surface area contributed by atoms with Gasteiger partial charge in [-0.05, 0) is 19.1 Å². The van der Waals surface area contributed by atoms with E-state index in [0.29, 0.717) is 5.69 Å². The molecule has 0 saturated heterocycles. The van der Waals surface area contributed by atoms with E-state index in [4.69, 9.17) is 0 Å². The van der Waals surface area contributed by atoms with Crippen LogP contribution in [0.2, 0.25) is 0 Å². The first-order chi connectivity index (χ1) is 7.51. The second-order valence-corrected chi connectivity index (χ2v) is 5.29. The Morgan fingerprint density at radius 2 is 1.69 bits per heavy atom. The molecule has 0 heterocycles. The summed E-state index contributed by atoms with van der Waals surface area (Å²) in [7, 11) is -1.37. The van der Waals surface area contributed by atoms with E-state index >= 15 is 0 Å². The zero-order valence-corrected chi connectivity index (χ0v) is 10.3. The molecule has 1 rings (SSSR count). The largest absolute Gasteiger partial charge is 0.418 e. The molecule has 0 fully saturated rings. The molecule has 0 aliphatic heterocycles. The van der Waals surface area contributed by atoms with Crippen LogP contribution in [0.25, 0.3) is 0 Å². The van der Waals surface area contributed by atoms with Crippen LogP contribution in [0, 0.1) is 6.92 Å². The molecule has 0 spiro atoms. The van der Waals surface area contributed by atoms with Gasteiger partial charge in [-0.25, -0.2) is 4.57 Å². The van der Waals surface area contributed by atoms with Gasteiger partial charge in [-0.3, -0.25) is 4.79 Å². The van der Waals surface area contributed by atoms with Crippen molar-refractivity contribution in [3.63, 3.8) is 0 Å². The molecule has 1 amide bonds. The molecule has 88 valence electrons. The van der Waals surface area contributed by atoms with Gasteiger partial charge in [0.15, 0.2) is 0 Å². The molecular formula is C10H14NO4P. The smallest absolute Gasteiger partial charge is 0.316 e. The van der Waals surface area contributed by atoms with Crippen LogP contribution in [0.15, 0.2) is 24.3 Å². The standard InChI is InChI=1S/C10H14NO4P/c1-8-4-6-9(7-5-8)11-10(12)16(13,14-2)15-3/h4-7H,1-3H3,(H,11,12). The van der Waals surface area contributed by atoms with Crippen molar-refractivity contribution in [3.8, 4) is 0 Å².